The Kier molecular flexibility index (Phi) is 7.59. The van der Waals surface area contributed by atoms with Gasteiger partial charge in [0.2, 0.25) is 12.4 Å². The van der Waals surface area contributed by atoms with Crippen LogP contribution in [0, 0.1) is 5.41 Å². The molecule has 0 radical (unpaired) electrons. The first-order chi connectivity index (χ1) is 11.2. The van der Waals surface area contributed by atoms with Gasteiger partial charge in [-0.1, -0.05) is 0 Å². The molecular weight excluding hydrogens is 324 g/mol. The largest absolute Gasteiger partial charge is 0.474 e. The molecule has 1 saturated heterocycles. The average Bonchev–Trinajstić information content (AvgIpc) is 2.46. The van der Waals surface area contributed by atoms with Gasteiger partial charge < -0.3 is 29.4 Å². The molecule has 0 aromatic carbocycles. The third kappa shape index (κ3) is 6.13. The molecule has 0 aliphatic carbocycles. The Morgan fingerprint density at radius 3 is 2.25 bits per heavy atom. The van der Waals surface area contributed by atoms with E-state index in [0.717, 1.165) is 6.92 Å². The number of hydrogen-bond donors (Lipinski definition) is 2. The van der Waals surface area contributed by atoms with Crippen LogP contribution in [-0.4, -0.2) is 61.6 Å². The maximum Gasteiger partial charge on any atom is 0.335 e. The third-order valence-corrected chi connectivity index (χ3v) is 2.92. The summed E-state index contributed by atoms with van der Waals surface area (Å²) in [5, 5.41) is 7.45. The number of hydrogen-bond acceptors (Lipinski definition) is 10. The van der Waals surface area contributed by atoms with Crippen molar-refractivity contribution in [3.05, 3.63) is 0 Å². The molecule has 24 heavy (non-hydrogen) atoms. The summed E-state index contributed by atoms with van der Waals surface area (Å²) in [6.07, 6.45) is -4.56. The van der Waals surface area contributed by atoms with Crippen LogP contribution in [0.1, 0.15) is 27.2 Å². The zero-order chi connectivity index (χ0) is 18.3. The Morgan fingerprint density at radius 1 is 1.12 bits per heavy atom. The zero-order valence-electron chi connectivity index (χ0n) is 13.8. The van der Waals surface area contributed by atoms with Crippen LogP contribution < -0.4 is 5.73 Å². The number of ether oxygens (including phenoxy) is 5. The van der Waals surface area contributed by atoms with Gasteiger partial charge in [0.05, 0.1) is 0 Å². The number of nitrogens with two attached hydrogens (primary N) is 1. The van der Waals surface area contributed by atoms with E-state index in [2.05, 4.69) is 0 Å². The molecule has 4 atom stereocenters. The minimum Gasteiger partial charge on any atom is -0.474 e. The first-order valence-corrected chi connectivity index (χ1v) is 7.33. The molecule has 1 fully saturated rings. The van der Waals surface area contributed by atoms with Crippen molar-refractivity contribution in [2.75, 3.05) is 13.2 Å². The molecule has 0 aromatic heterocycles. The minimum absolute atomic E-state index is 0.000574. The van der Waals surface area contributed by atoms with Gasteiger partial charge in [-0.3, -0.25) is 15.0 Å². The van der Waals surface area contributed by atoms with E-state index in [4.69, 9.17) is 34.8 Å². The lowest BCUT2D eigenvalue weighted by atomic mass is 10.0. The number of carbonyl (C=O) groups excluding carboxylic acids is 3. The van der Waals surface area contributed by atoms with Gasteiger partial charge in [0, 0.05) is 33.7 Å². The lowest BCUT2D eigenvalue weighted by molar-refractivity contribution is -0.263. The Labute approximate surface area is 139 Å². The Balaban J connectivity index is 2.99. The second-order valence-electron chi connectivity index (χ2n) is 5.08. The summed E-state index contributed by atoms with van der Waals surface area (Å²) in [4.78, 5) is 34.5. The maximum atomic E-state index is 12.0. The second kappa shape index (κ2) is 9.18. The molecule has 0 amide bonds. The Hall–Kier alpha value is -2.20. The molecule has 1 aliphatic rings. The quantitative estimate of drug-likeness (QED) is 0.280. The van der Waals surface area contributed by atoms with Crippen LogP contribution in [0.5, 0.6) is 0 Å². The van der Waals surface area contributed by atoms with Gasteiger partial charge in [0.1, 0.15) is 12.7 Å². The maximum absolute atomic E-state index is 12.0. The Bertz CT molecular complexity index is 469. The number of esters is 3. The summed E-state index contributed by atoms with van der Waals surface area (Å²) >= 11 is 0. The molecule has 10 nitrogen and oxygen atoms in total. The predicted molar refractivity (Wildman–Crippen MR) is 78.9 cm³/mol. The number of rotatable bonds is 6. The average molecular weight is 346 g/mol. The van der Waals surface area contributed by atoms with E-state index in [-0.39, 0.29) is 25.5 Å². The van der Waals surface area contributed by atoms with Gasteiger partial charge in [0.15, 0.2) is 12.0 Å². The van der Waals surface area contributed by atoms with Crippen LogP contribution in [0.25, 0.3) is 0 Å². The van der Waals surface area contributed by atoms with Crippen molar-refractivity contribution in [3.63, 3.8) is 0 Å². The molecule has 0 aromatic rings. The summed E-state index contributed by atoms with van der Waals surface area (Å²) < 4.78 is 25.7. The second-order valence-corrected chi connectivity index (χ2v) is 5.08. The zero-order valence-corrected chi connectivity index (χ0v) is 13.8. The van der Waals surface area contributed by atoms with Crippen LogP contribution in [-0.2, 0) is 38.1 Å². The van der Waals surface area contributed by atoms with Crippen LogP contribution in [0.3, 0.4) is 0 Å². The highest BCUT2D eigenvalue weighted by Gasteiger charge is 2.47. The highest BCUT2D eigenvalue weighted by atomic mass is 16.7. The number of nitrogens with one attached hydrogen (secondary N) is 1. The van der Waals surface area contributed by atoms with E-state index in [0.29, 0.717) is 0 Å². The SMILES string of the molecule is CC(=N)OC1CC(C(=O)OCCN)OC(OC(C)=O)C1OC(C)=O. The molecule has 4 unspecified atom stereocenters. The minimum atomic E-state index is -1.36. The Morgan fingerprint density at radius 2 is 1.75 bits per heavy atom. The van der Waals surface area contributed by atoms with Gasteiger partial charge >= 0.3 is 17.9 Å². The number of carbonyl (C=O) groups is 3. The summed E-state index contributed by atoms with van der Waals surface area (Å²) in [7, 11) is 0. The fourth-order valence-corrected chi connectivity index (χ4v) is 2.14. The summed E-state index contributed by atoms with van der Waals surface area (Å²) in [6.45, 7) is 3.83. The van der Waals surface area contributed by atoms with Crippen LogP contribution in [0.15, 0.2) is 0 Å². The van der Waals surface area contributed by atoms with E-state index in [1.807, 2.05) is 0 Å². The van der Waals surface area contributed by atoms with Gasteiger partial charge in [-0.05, 0) is 0 Å². The van der Waals surface area contributed by atoms with Gasteiger partial charge in [0.25, 0.3) is 0 Å². The van der Waals surface area contributed by atoms with E-state index in [9.17, 15) is 14.4 Å². The smallest absolute Gasteiger partial charge is 0.335 e. The third-order valence-electron chi connectivity index (χ3n) is 2.92. The topological polar surface area (TPSA) is 147 Å². The van der Waals surface area contributed by atoms with Crippen molar-refractivity contribution in [3.8, 4) is 0 Å². The molecule has 0 bridgehead atoms. The van der Waals surface area contributed by atoms with Crippen LogP contribution >= 0.6 is 0 Å². The lowest BCUT2D eigenvalue weighted by Gasteiger charge is -2.38. The van der Waals surface area contributed by atoms with Crippen molar-refractivity contribution in [1.29, 1.82) is 5.41 Å². The van der Waals surface area contributed by atoms with Crippen LogP contribution in [0.4, 0.5) is 0 Å². The van der Waals surface area contributed by atoms with E-state index in [1.165, 1.54) is 13.8 Å². The normalized spacial score (nSPS) is 26.2. The highest BCUT2D eigenvalue weighted by molar-refractivity contribution is 5.75. The first-order valence-electron chi connectivity index (χ1n) is 7.33. The monoisotopic (exact) mass is 346 g/mol. The van der Waals surface area contributed by atoms with E-state index < -0.39 is 42.5 Å². The van der Waals surface area contributed by atoms with Crippen LogP contribution in [0.2, 0.25) is 0 Å². The molecule has 1 aliphatic heterocycles. The molecule has 10 heteroatoms. The summed E-state index contributed by atoms with van der Waals surface area (Å²) in [5.41, 5.74) is 5.27. The van der Waals surface area contributed by atoms with Gasteiger partial charge in [-0.2, -0.15) is 0 Å². The van der Waals surface area contributed by atoms with Crippen molar-refractivity contribution in [1.82, 2.24) is 0 Å². The van der Waals surface area contributed by atoms with Crippen molar-refractivity contribution in [2.45, 2.75) is 51.8 Å². The molecular formula is C14H22N2O8. The van der Waals surface area contributed by atoms with E-state index in [1.54, 1.807) is 0 Å². The molecule has 3 N–H and O–H groups in total. The summed E-state index contributed by atoms with van der Waals surface area (Å²) in [6, 6.07) is 0. The first kappa shape index (κ1) is 19.8. The highest BCUT2D eigenvalue weighted by Crippen LogP contribution is 2.27. The molecule has 0 spiro atoms. The van der Waals surface area contributed by atoms with E-state index >= 15 is 0 Å². The molecule has 1 heterocycles. The molecule has 136 valence electrons. The molecule has 1 rings (SSSR count). The van der Waals surface area contributed by atoms with Gasteiger partial charge in [-0.25, -0.2) is 4.79 Å². The predicted octanol–water partition coefficient (Wildman–Crippen LogP) is -0.520. The van der Waals surface area contributed by atoms with Gasteiger partial charge in [-0.15, -0.1) is 0 Å². The fraction of sp³-hybridized carbons (Fsp3) is 0.714. The summed E-state index contributed by atoms with van der Waals surface area (Å²) in [5.74, 6) is -2.22. The standard InChI is InChI=1S/C14H22N2O8/c1-7(16)21-10-6-11(13(19)20-5-4-15)24-14(23-9(3)18)12(10)22-8(2)17/h10-12,14,16H,4-6,15H2,1-3H3. The molecule has 0 saturated carbocycles. The van der Waals surface area contributed by atoms with Crippen molar-refractivity contribution >= 4 is 23.8 Å². The van der Waals surface area contributed by atoms with Crippen molar-refractivity contribution < 1.29 is 38.1 Å². The fourth-order valence-electron chi connectivity index (χ4n) is 2.14. The van der Waals surface area contributed by atoms with Crippen molar-refractivity contribution in [2.24, 2.45) is 5.73 Å². The lowest BCUT2D eigenvalue weighted by Crippen LogP contribution is -2.55.